The van der Waals surface area contributed by atoms with Gasteiger partial charge in [0.15, 0.2) is 0 Å². The molecule has 1 aromatic carbocycles. The molecule has 1 aliphatic heterocycles. The van der Waals surface area contributed by atoms with Crippen LogP contribution in [0.5, 0.6) is 0 Å². The van der Waals surface area contributed by atoms with Gasteiger partial charge in [0.25, 0.3) is 0 Å². The molecule has 1 amide bonds. The summed E-state index contributed by atoms with van der Waals surface area (Å²) in [5.74, 6) is 1.58. The van der Waals surface area contributed by atoms with Crippen LogP contribution in [0.15, 0.2) is 30.3 Å². The van der Waals surface area contributed by atoms with Gasteiger partial charge in [-0.1, -0.05) is 44.2 Å². The zero-order valence-electron chi connectivity index (χ0n) is 16.9. The summed E-state index contributed by atoms with van der Waals surface area (Å²) >= 11 is 0. The van der Waals surface area contributed by atoms with Crippen LogP contribution in [0.1, 0.15) is 64.4 Å². The van der Waals surface area contributed by atoms with Crippen LogP contribution < -0.4 is 5.73 Å². The lowest BCUT2D eigenvalue weighted by Crippen LogP contribution is -2.63. The number of rotatable bonds is 2. The Kier molecular flexibility index (Phi) is 3.82. The molecule has 5 fully saturated rings. The SMILES string of the molecule is CC1CN(C(=O)C23CC4CC(C)(C2)CC(c2ccccc2)(C4)C3)CCC1N. The van der Waals surface area contributed by atoms with E-state index in [2.05, 4.69) is 49.1 Å². The molecule has 0 spiro atoms. The Morgan fingerprint density at radius 2 is 1.89 bits per heavy atom. The van der Waals surface area contributed by atoms with Crippen LogP contribution in [-0.2, 0) is 10.2 Å². The second-order valence-corrected chi connectivity index (χ2v) is 10.9. The molecular formula is C24H34N2O. The highest BCUT2D eigenvalue weighted by Crippen LogP contribution is 2.70. The van der Waals surface area contributed by atoms with Gasteiger partial charge in [0.2, 0.25) is 5.91 Å². The van der Waals surface area contributed by atoms with E-state index in [-0.39, 0.29) is 16.9 Å². The first-order valence-corrected chi connectivity index (χ1v) is 10.9. The van der Waals surface area contributed by atoms with Crippen molar-refractivity contribution in [2.45, 2.75) is 70.3 Å². The Bertz CT molecular complexity index is 748. The summed E-state index contributed by atoms with van der Waals surface area (Å²) < 4.78 is 0. The summed E-state index contributed by atoms with van der Waals surface area (Å²) in [5, 5.41) is 0. The standard InChI is InChI=1S/C24H34N2O/c1-17-13-26(9-8-20(17)25)21(27)24-12-18-10-22(2,15-24)14-23(11-18,16-24)19-6-4-3-5-7-19/h3-7,17-18,20H,8-16,25H2,1-2H3. The van der Waals surface area contributed by atoms with Crippen LogP contribution in [0.25, 0.3) is 0 Å². The van der Waals surface area contributed by atoms with E-state index in [1.54, 1.807) is 0 Å². The van der Waals surface area contributed by atoms with Gasteiger partial charge in [0.05, 0.1) is 5.41 Å². The zero-order chi connectivity index (χ0) is 18.9. The molecule has 4 aliphatic carbocycles. The van der Waals surface area contributed by atoms with E-state index in [0.717, 1.165) is 38.8 Å². The van der Waals surface area contributed by atoms with Gasteiger partial charge < -0.3 is 10.6 Å². The number of hydrogen-bond donors (Lipinski definition) is 1. The van der Waals surface area contributed by atoms with Gasteiger partial charge in [-0.2, -0.15) is 0 Å². The minimum Gasteiger partial charge on any atom is -0.342 e. The number of likely N-dealkylation sites (tertiary alicyclic amines) is 1. The second-order valence-electron chi connectivity index (χ2n) is 10.9. The van der Waals surface area contributed by atoms with E-state index in [0.29, 0.717) is 23.2 Å². The molecule has 4 bridgehead atoms. The number of carbonyl (C=O) groups excluding carboxylic acids is 1. The Morgan fingerprint density at radius 1 is 1.11 bits per heavy atom. The Labute approximate surface area is 163 Å². The minimum absolute atomic E-state index is 0.134. The average molecular weight is 367 g/mol. The van der Waals surface area contributed by atoms with Crippen LogP contribution in [0.3, 0.4) is 0 Å². The van der Waals surface area contributed by atoms with Crippen molar-refractivity contribution < 1.29 is 4.79 Å². The quantitative estimate of drug-likeness (QED) is 0.856. The highest BCUT2D eigenvalue weighted by molar-refractivity contribution is 5.84. The first kappa shape index (κ1) is 17.7. The number of carbonyl (C=O) groups is 1. The molecule has 6 rings (SSSR count). The Morgan fingerprint density at radius 3 is 2.59 bits per heavy atom. The third-order valence-corrected chi connectivity index (χ3v) is 8.45. The van der Waals surface area contributed by atoms with Crippen LogP contribution in [0.4, 0.5) is 0 Å². The van der Waals surface area contributed by atoms with Crippen molar-refractivity contribution in [3.05, 3.63) is 35.9 Å². The van der Waals surface area contributed by atoms with Crippen molar-refractivity contribution in [2.24, 2.45) is 28.4 Å². The van der Waals surface area contributed by atoms with Gasteiger partial charge in [-0.25, -0.2) is 0 Å². The van der Waals surface area contributed by atoms with E-state index >= 15 is 0 Å². The van der Waals surface area contributed by atoms with E-state index < -0.39 is 0 Å². The summed E-state index contributed by atoms with van der Waals surface area (Å²) in [5.41, 5.74) is 8.10. The fraction of sp³-hybridized carbons (Fsp3) is 0.708. The number of piperidine rings is 1. The lowest BCUT2D eigenvalue weighted by molar-refractivity contribution is -0.172. The normalized spacial score (nSPS) is 45.9. The summed E-state index contributed by atoms with van der Waals surface area (Å²) in [6.45, 7) is 6.37. The van der Waals surface area contributed by atoms with E-state index in [1.165, 1.54) is 24.8 Å². The van der Waals surface area contributed by atoms with Gasteiger partial charge in [0, 0.05) is 19.1 Å². The molecule has 146 valence electrons. The van der Waals surface area contributed by atoms with Crippen molar-refractivity contribution in [1.29, 1.82) is 0 Å². The van der Waals surface area contributed by atoms with Crippen LogP contribution in [0.2, 0.25) is 0 Å². The predicted molar refractivity (Wildman–Crippen MR) is 108 cm³/mol. The summed E-state index contributed by atoms with van der Waals surface area (Å²) in [4.78, 5) is 16.1. The molecule has 4 saturated carbocycles. The topological polar surface area (TPSA) is 46.3 Å². The van der Waals surface area contributed by atoms with Crippen LogP contribution in [0, 0.1) is 22.7 Å². The molecule has 5 aliphatic rings. The minimum atomic E-state index is -0.134. The summed E-state index contributed by atoms with van der Waals surface area (Å²) in [6.07, 6.45) is 8.09. The first-order valence-electron chi connectivity index (χ1n) is 10.9. The second kappa shape index (κ2) is 5.83. The molecule has 6 atom stereocenters. The number of benzene rings is 1. The van der Waals surface area contributed by atoms with E-state index in [9.17, 15) is 4.79 Å². The molecular weight excluding hydrogens is 332 g/mol. The van der Waals surface area contributed by atoms with Gasteiger partial charge >= 0.3 is 0 Å². The van der Waals surface area contributed by atoms with Crippen molar-refractivity contribution >= 4 is 5.91 Å². The number of nitrogens with two attached hydrogens (primary N) is 1. The number of hydrogen-bond acceptors (Lipinski definition) is 2. The molecule has 1 heterocycles. The maximum atomic E-state index is 13.9. The first-order chi connectivity index (χ1) is 12.8. The third-order valence-electron chi connectivity index (χ3n) is 8.45. The monoisotopic (exact) mass is 366 g/mol. The predicted octanol–water partition coefficient (Wildman–Crippen LogP) is 4.11. The highest BCUT2D eigenvalue weighted by atomic mass is 16.2. The molecule has 3 heteroatoms. The Balaban J connectivity index is 1.50. The van der Waals surface area contributed by atoms with Crippen molar-refractivity contribution in [3.8, 4) is 0 Å². The Hall–Kier alpha value is -1.35. The van der Waals surface area contributed by atoms with Crippen molar-refractivity contribution in [1.82, 2.24) is 4.90 Å². The van der Waals surface area contributed by atoms with Gasteiger partial charge in [-0.15, -0.1) is 0 Å². The van der Waals surface area contributed by atoms with Gasteiger partial charge in [-0.05, 0) is 73.2 Å². The lowest BCUT2D eigenvalue weighted by Gasteiger charge is -2.66. The fourth-order valence-corrected chi connectivity index (χ4v) is 7.96. The summed E-state index contributed by atoms with van der Waals surface area (Å²) in [6, 6.07) is 11.4. The molecule has 1 saturated heterocycles. The highest BCUT2D eigenvalue weighted by Gasteiger charge is 2.65. The smallest absolute Gasteiger partial charge is 0.228 e. The summed E-state index contributed by atoms with van der Waals surface area (Å²) in [7, 11) is 0. The zero-order valence-corrected chi connectivity index (χ0v) is 16.9. The van der Waals surface area contributed by atoms with Crippen LogP contribution in [-0.4, -0.2) is 29.9 Å². The third kappa shape index (κ3) is 2.68. The molecule has 27 heavy (non-hydrogen) atoms. The molecule has 3 nitrogen and oxygen atoms in total. The van der Waals surface area contributed by atoms with Crippen LogP contribution >= 0.6 is 0 Å². The maximum Gasteiger partial charge on any atom is 0.228 e. The number of nitrogens with zero attached hydrogens (tertiary/aromatic N) is 1. The maximum absolute atomic E-state index is 13.9. The van der Waals surface area contributed by atoms with Crippen molar-refractivity contribution in [2.75, 3.05) is 13.1 Å². The lowest BCUT2D eigenvalue weighted by atomic mass is 9.38. The fourth-order valence-electron chi connectivity index (χ4n) is 7.96. The average Bonchev–Trinajstić information content (AvgIpc) is 2.62. The van der Waals surface area contributed by atoms with Crippen molar-refractivity contribution in [3.63, 3.8) is 0 Å². The molecule has 2 N–H and O–H groups in total. The van der Waals surface area contributed by atoms with E-state index in [4.69, 9.17) is 5.73 Å². The molecule has 0 aromatic heterocycles. The molecule has 6 unspecified atom stereocenters. The molecule has 0 radical (unpaired) electrons. The van der Waals surface area contributed by atoms with Gasteiger partial charge in [-0.3, -0.25) is 4.79 Å². The van der Waals surface area contributed by atoms with E-state index in [1.807, 2.05) is 0 Å². The number of amides is 1. The molecule has 1 aromatic rings. The largest absolute Gasteiger partial charge is 0.342 e. The van der Waals surface area contributed by atoms with Gasteiger partial charge in [0.1, 0.15) is 0 Å².